The number of hydrogen-bond acceptors (Lipinski definition) is 3. The van der Waals surface area contributed by atoms with Gasteiger partial charge in [-0.2, -0.15) is 13.2 Å². The molecule has 1 atom stereocenters. The smallest absolute Gasteiger partial charge is 0.441 e. The number of rotatable bonds is 7. The summed E-state index contributed by atoms with van der Waals surface area (Å²) in [4.78, 5) is 11.5. The van der Waals surface area contributed by atoms with Crippen LogP contribution in [0.4, 0.5) is 13.2 Å². The van der Waals surface area contributed by atoms with E-state index in [0.29, 0.717) is 18.4 Å². The van der Waals surface area contributed by atoms with Crippen molar-refractivity contribution in [3.63, 3.8) is 0 Å². The van der Waals surface area contributed by atoms with Crippen LogP contribution in [0.5, 0.6) is 0 Å². The Balaban J connectivity index is 2.14. The minimum atomic E-state index is -4.26. The highest BCUT2D eigenvalue weighted by molar-refractivity contribution is 8.00. The molecule has 7 heteroatoms. The maximum atomic E-state index is 11.9. The fourth-order valence-electron chi connectivity index (χ4n) is 1.40. The number of esters is 1. The van der Waals surface area contributed by atoms with E-state index in [9.17, 15) is 18.0 Å². The second-order valence-corrected chi connectivity index (χ2v) is 5.70. The lowest BCUT2D eigenvalue weighted by Crippen LogP contribution is -2.11. The summed E-state index contributed by atoms with van der Waals surface area (Å²) in [5, 5.41) is -0.586. The summed E-state index contributed by atoms with van der Waals surface area (Å²) in [5.41, 5.74) is -3.81. The van der Waals surface area contributed by atoms with E-state index in [-0.39, 0.29) is 24.1 Å². The lowest BCUT2D eigenvalue weighted by Gasteiger charge is -2.11. The van der Waals surface area contributed by atoms with E-state index in [4.69, 9.17) is 16.3 Å². The van der Waals surface area contributed by atoms with Crippen LogP contribution in [-0.2, 0) is 4.74 Å². The number of halogens is 4. The van der Waals surface area contributed by atoms with Gasteiger partial charge in [0.2, 0.25) is 0 Å². The zero-order chi connectivity index (χ0) is 15.0. The van der Waals surface area contributed by atoms with Crippen LogP contribution in [0.2, 0.25) is 0 Å². The maximum absolute atomic E-state index is 11.9. The Hall–Kier alpha value is -0.880. The highest BCUT2D eigenvalue weighted by Crippen LogP contribution is 2.32. The molecular weight excluding hydrogens is 313 g/mol. The molecule has 0 spiro atoms. The molecule has 1 unspecified atom stereocenters. The summed E-state index contributed by atoms with van der Waals surface area (Å²) in [6.07, 6.45) is 0.803. The summed E-state index contributed by atoms with van der Waals surface area (Å²) >= 11 is 5.62. The first-order valence-corrected chi connectivity index (χ1v) is 7.37. The molecule has 1 rings (SSSR count). The standard InChI is InChI=1S/C13H14ClF3O2S/c14-11(9-20-13(15,16)17)7-4-8-19-12(18)10-5-2-1-3-6-10/h1-3,5-6,11H,4,7-9H2. The van der Waals surface area contributed by atoms with Gasteiger partial charge in [-0.3, -0.25) is 0 Å². The predicted octanol–water partition coefficient (Wildman–Crippen LogP) is 4.48. The number of alkyl halides is 4. The number of carbonyl (C=O) groups is 1. The molecule has 20 heavy (non-hydrogen) atoms. The van der Waals surface area contributed by atoms with Gasteiger partial charge in [0.15, 0.2) is 0 Å². The molecule has 0 radical (unpaired) electrons. The Kier molecular flexibility index (Phi) is 7.23. The highest BCUT2D eigenvalue weighted by Gasteiger charge is 2.29. The molecule has 0 saturated carbocycles. The third-order valence-electron chi connectivity index (χ3n) is 2.33. The number of ether oxygens (including phenoxy) is 1. The van der Waals surface area contributed by atoms with Gasteiger partial charge in [-0.1, -0.05) is 18.2 Å². The lowest BCUT2D eigenvalue weighted by atomic mass is 10.2. The van der Waals surface area contributed by atoms with Gasteiger partial charge < -0.3 is 4.74 Å². The van der Waals surface area contributed by atoms with Crippen molar-refractivity contribution in [2.75, 3.05) is 12.4 Å². The van der Waals surface area contributed by atoms with Crippen molar-refractivity contribution in [3.8, 4) is 0 Å². The minimum absolute atomic E-state index is 0.137. The summed E-state index contributed by atoms with van der Waals surface area (Å²) in [6.45, 7) is 0.146. The molecule has 2 nitrogen and oxygen atoms in total. The van der Waals surface area contributed by atoms with Gasteiger partial charge >= 0.3 is 11.5 Å². The largest absolute Gasteiger partial charge is 0.462 e. The summed E-state index contributed by atoms with van der Waals surface area (Å²) in [6, 6.07) is 8.49. The molecule has 0 amide bonds. The molecule has 0 saturated heterocycles. The van der Waals surface area contributed by atoms with Gasteiger partial charge in [-0.25, -0.2) is 4.79 Å². The van der Waals surface area contributed by atoms with E-state index in [2.05, 4.69) is 0 Å². The van der Waals surface area contributed by atoms with Crippen molar-refractivity contribution >= 4 is 29.3 Å². The summed E-state index contributed by atoms with van der Waals surface area (Å²) in [5.74, 6) is -0.640. The number of carbonyl (C=O) groups excluding carboxylic acids is 1. The average Bonchev–Trinajstić information content (AvgIpc) is 2.41. The molecule has 1 aromatic rings. The van der Waals surface area contributed by atoms with Crippen molar-refractivity contribution in [1.29, 1.82) is 0 Å². The zero-order valence-electron chi connectivity index (χ0n) is 10.5. The monoisotopic (exact) mass is 326 g/mol. The first-order valence-electron chi connectivity index (χ1n) is 5.95. The van der Waals surface area contributed by atoms with E-state index in [1.165, 1.54) is 0 Å². The molecule has 0 N–H and O–H groups in total. The van der Waals surface area contributed by atoms with Gasteiger partial charge in [0.25, 0.3) is 0 Å². The minimum Gasteiger partial charge on any atom is -0.462 e. The maximum Gasteiger partial charge on any atom is 0.441 e. The van der Waals surface area contributed by atoms with Crippen LogP contribution in [-0.4, -0.2) is 29.2 Å². The third-order valence-corrected chi connectivity index (χ3v) is 3.78. The summed E-state index contributed by atoms with van der Waals surface area (Å²) < 4.78 is 40.8. The van der Waals surface area contributed by atoms with E-state index < -0.39 is 16.9 Å². The highest BCUT2D eigenvalue weighted by atomic mass is 35.5. The predicted molar refractivity (Wildman–Crippen MR) is 74.1 cm³/mol. The van der Waals surface area contributed by atoms with Crippen LogP contribution in [0.3, 0.4) is 0 Å². The van der Waals surface area contributed by atoms with Crippen molar-refractivity contribution in [2.24, 2.45) is 0 Å². The average molecular weight is 327 g/mol. The molecular formula is C13H14ClF3O2S. The molecule has 112 valence electrons. The molecule has 0 aliphatic heterocycles. The quantitative estimate of drug-likeness (QED) is 0.420. The van der Waals surface area contributed by atoms with Crippen molar-refractivity contribution < 1.29 is 22.7 Å². The van der Waals surface area contributed by atoms with E-state index >= 15 is 0 Å². The van der Waals surface area contributed by atoms with Gasteiger partial charge in [0.05, 0.1) is 12.2 Å². The van der Waals surface area contributed by atoms with Crippen molar-refractivity contribution in [1.82, 2.24) is 0 Å². The Labute approximate surface area is 124 Å². The first-order chi connectivity index (χ1) is 9.38. The Morgan fingerprint density at radius 3 is 2.55 bits per heavy atom. The topological polar surface area (TPSA) is 26.3 Å². The number of thioether (sulfide) groups is 1. The Bertz CT molecular complexity index is 412. The molecule has 0 aliphatic carbocycles. The van der Waals surface area contributed by atoms with Crippen LogP contribution in [0.1, 0.15) is 23.2 Å². The van der Waals surface area contributed by atoms with Crippen LogP contribution in [0, 0.1) is 0 Å². The van der Waals surface area contributed by atoms with Crippen molar-refractivity contribution in [3.05, 3.63) is 35.9 Å². The van der Waals surface area contributed by atoms with Crippen LogP contribution in [0.15, 0.2) is 30.3 Å². The Morgan fingerprint density at radius 2 is 1.95 bits per heavy atom. The Morgan fingerprint density at radius 1 is 1.30 bits per heavy atom. The number of hydrogen-bond donors (Lipinski definition) is 0. The summed E-state index contributed by atoms with van der Waals surface area (Å²) in [7, 11) is 0. The molecule has 1 aromatic carbocycles. The zero-order valence-corrected chi connectivity index (χ0v) is 12.1. The van der Waals surface area contributed by atoms with E-state index in [1.54, 1.807) is 30.3 Å². The fraction of sp³-hybridized carbons (Fsp3) is 0.462. The van der Waals surface area contributed by atoms with Crippen LogP contribution in [0.25, 0.3) is 0 Å². The molecule has 0 heterocycles. The van der Waals surface area contributed by atoms with Gasteiger partial charge in [-0.05, 0) is 36.7 Å². The van der Waals surface area contributed by atoms with E-state index in [1.807, 2.05) is 0 Å². The van der Waals surface area contributed by atoms with Crippen molar-refractivity contribution in [2.45, 2.75) is 23.7 Å². The van der Waals surface area contributed by atoms with Gasteiger partial charge in [-0.15, -0.1) is 11.6 Å². The second-order valence-electron chi connectivity index (χ2n) is 4.00. The molecule has 0 aliphatic rings. The molecule has 0 aromatic heterocycles. The third kappa shape index (κ3) is 7.65. The van der Waals surface area contributed by atoms with Gasteiger partial charge in [0, 0.05) is 11.1 Å². The normalized spacial score (nSPS) is 13.0. The number of benzene rings is 1. The first kappa shape index (κ1) is 17.2. The lowest BCUT2D eigenvalue weighted by molar-refractivity contribution is -0.0327. The SMILES string of the molecule is O=C(OCCCC(Cl)CSC(F)(F)F)c1ccccc1. The molecule has 0 bridgehead atoms. The molecule has 0 fully saturated rings. The fourth-order valence-corrected chi connectivity index (χ4v) is 2.28. The van der Waals surface area contributed by atoms with Gasteiger partial charge in [0.1, 0.15) is 0 Å². The van der Waals surface area contributed by atoms with E-state index in [0.717, 1.165) is 0 Å². The van der Waals surface area contributed by atoms with Crippen LogP contribution < -0.4 is 0 Å². The van der Waals surface area contributed by atoms with Crippen LogP contribution >= 0.6 is 23.4 Å². The second kappa shape index (κ2) is 8.42.